The van der Waals surface area contributed by atoms with Crippen LogP contribution in [0, 0.1) is 5.92 Å². The van der Waals surface area contributed by atoms with Gasteiger partial charge in [-0.1, -0.05) is 43.3 Å². The summed E-state index contributed by atoms with van der Waals surface area (Å²) in [4.78, 5) is 16.2. The van der Waals surface area contributed by atoms with E-state index in [2.05, 4.69) is 44.7 Å². The number of para-hydroxylation sites is 1. The molecule has 0 saturated carbocycles. The number of nitrogens with zero attached hydrogens (tertiary/aromatic N) is 5. The Morgan fingerprint density at radius 2 is 1.85 bits per heavy atom. The second-order valence-electron chi connectivity index (χ2n) is 8.73. The van der Waals surface area contributed by atoms with Crippen molar-refractivity contribution in [3.05, 3.63) is 53.6 Å². The van der Waals surface area contributed by atoms with Gasteiger partial charge in [-0.2, -0.15) is 4.80 Å². The van der Waals surface area contributed by atoms with Crippen molar-refractivity contribution in [2.75, 3.05) is 27.3 Å². The largest absolute Gasteiger partial charge is 0.493 e. The number of nitrogens with one attached hydrogen (secondary N) is 1. The molecule has 1 saturated heterocycles. The van der Waals surface area contributed by atoms with Gasteiger partial charge >= 0.3 is 0 Å². The molecule has 1 aromatic heterocycles. The molecular weight excluding hydrogens is 432 g/mol. The van der Waals surface area contributed by atoms with E-state index in [1.165, 1.54) is 23.2 Å². The van der Waals surface area contributed by atoms with Crippen LogP contribution in [-0.2, 0) is 24.4 Å². The van der Waals surface area contributed by atoms with Crippen LogP contribution in [0.5, 0.6) is 11.5 Å². The van der Waals surface area contributed by atoms with Crippen LogP contribution in [0.25, 0.3) is 11.4 Å². The SMILES string of the molecule is COc1cccc(CNC(=O)Cn2nnc(-c3ccc(CN4CCC(C)CC4)cc3)n2)c1OC. The van der Waals surface area contributed by atoms with E-state index >= 15 is 0 Å². The Balaban J connectivity index is 1.30. The lowest BCUT2D eigenvalue weighted by Crippen LogP contribution is -2.32. The van der Waals surface area contributed by atoms with Crippen molar-refractivity contribution in [3.63, 3.8) is 0 Å². The average molecular weight is 465 g/mol. The minimum atomic E-state index is -0.222. The average Bonchev–Trinajstić information content (AvgIpc) is 3.32. The molecule has 4 rings (SSSR count). The van der Waals surface area contributed by atoms with Crippen LogP contribution in [0.15, 0.2) is 42.5 Å². The maximum absolute atomic E-state index is 12.4. The van der Waals surface area contributed by atoms with Crippen LogP contribution in [0.3, 0.4) is 0 Å². The molecule has 0 aliphatic carbocycles. The van der Waals surface area contributed by atoms with Gasteiger partial charge in [-0.3, -0.25) is 9.69 Å². The number of rotatable bonds is 9. The van der Waals surface area contributed by atoms with Crippen molar-refractivity contribution in [2.45, 2.75) is 39.4 Å². The minimum Gasteiger partial charge on any atom is -0.493 e. The van der Waals surface area contributed by atoms with Crippen molar-refractivity contribution in [1.29, 1.82) is 0 Å². The zero-order valence-electron chi connectivity index (χ0n) is 20.0. The summed E-state index contributed by atoms with van der Waals surface area (Å²) < 4.78 is 10.7. The quantitative estimate of drug-likeness (QED) is 0.520. The molecule has 1 aliphatic heterocycles. The monoisotopic (exact) mass is 464 g/mol. The molecule has 0 unspecified atom stereocenters. The first kappa shape index (κ1) is 23.7. The fourth-order valence-corrected chi connectivity index (χ4v) is 4.13. The third-order valence-electron chi connectivity index (χ3n) is 6.19. The molecule has 0 atom stereocenters. The molecule has 1 N–H and O–H groups in total. The topological polar surface area (TPSA) is 94.4 Å². The van der Waals surface area contributed by atoms with E-state index in [-0.39, 0.29) is 12.5 Å². The molecule has 34 heavy (non-hydrogen) atoms. The molecule has 2 heterocycles. The highest BCUT2D eigenvalue weighted by molar-refractivity contribution is 5.75. The Bertz CT molecular complexity index is 1090. The molecule has 9 heteroatoms. The van der Waals surface area contributed by atoms with Crippen LogP contribution >= 0.6 is 0 Å². The Labute approximate surface area is 200 Å². The molecule has 2 aromatic carbocycles. The van der Waals surface area contributed by atoms with E-state index in [0.29, 0.717) is 23.9 Å². The van der Waals surface area contributed by atoms with Gasteiger partial charge in [0.05, 0.1) is 14.2 Å². The molecule has 180 valence electrons. The number of tetrazole rings is 1. The van der Waals surface area contributed by atoms with Gasteiger partial charge in [-0.15, -0.1) is 10.2 Å². The second kappa shape index (κ2) is 11.1. The summed E-state index contributed by atoms with van der Waals surface area (Å²) in [5.41, 5.74) is 2.98. The number of methoxy groups -OCH3 is 2. The zero-order chi connectivity index (χ0) is 23.9. The van der Waals surface area contributed by atoms with E-state index in [1.54, 1.807) is 14.2 Å². The van der Waals surface area contributed by atoms with Gasteiger partial charge in [0.25, 0.3) is 0 Å². The van der Waals surface area contributed by atoms with Crippen LogP contribution in [-0.4, -0.2) is 58.3 Å². The summed E-state index contributed by atoms with van der Waals surface area (Å²) in [5.74, 6) is 2.33. The minimum absolute atomic E-state index is 0.0231. The van der Waals surface area contributed by atoms with Crippen LogP contribution in [0.2, 0.25) is 0 Å². The van der Waals surface area contributed by atoms with Crippen molar-refractivity contribution >= 4 is 5.91 Å². The lowest BCUT2D eigenvalue weighted by atomic mass is 9.99. The highest BCUT2D eigenvalue weighted by Crippen LogP contribution is 2.30. The Morgan fingerprint density at radius 1 is 1.09 bits per heavy atom. The Morgan fingerprint density at radius 3 is 2.56 bits per heavy atom. The van der Waals surface area contributed by atoms with Gasteiger partial charge in [0.15, 0.2) is 11.5 Å². The molecule has 0 spiro atoms. The summed E-state index contributed by atoms with van der Waals surface area (Å²) in [6, 6.07) is 13.8. The Kier molecular flexibility index (Phi) is 7.74. The predicted octanol–water partition coefficient (Wildman–Crippen LogP) is 2.91. The summed E-state index contributed by atoms with van der Waals surface area (Å²) >= 11 is 0. The first-order valence-electron chi connectivity index (χ1n) is 11.6. The summed E-state index contributed by atoms with van der Waals surface area (Å²) in [6.45, 7) is 5.89. The molecule has 9 nitrogen and oxygen atoms in total. The number of carbonyl (C=O) groups excluding carboxylic acids is 1. The van der Waals surface area contributed by atoms with E-state index in [9.17, 15) is 4.79 Å². The van der Waals surface area contributed by atoms with Crippen molar-refractivity contribution in [1.82, 2.24) is 30.4 Å². The number of amides is 1. The number of ether oxygens (including phenoxy) is 2. The maximum Gasteiger partial charge on any atom is 0.243 e. The molecule has 0 radical (unpaired) electrons. The predicted molar refractivity (Wildman–Crippen MR) is 128 cm³/mol. The van der Waals surface area contributed by atoms with Crippen molar-refractivity contribution < 1.29 is 14.3 Å². The summed E-state index contributed by atoms with van der Waals surface area (Å²) in [6.07, 6.45) is 2.54. The zero-order valence-corrected chi connectivity index (χ0v) is 20.0. The van der Waals surface area contributed by atoms with E-state index < -0.39 is 0 Å². The maximum atomic E-state index is 12.4. The van der Waals surface area contributed by atoms with E-state index in [4.69, 9.17) is 9.47 Å². The molecule has 3 aromatic rings. The lowest BCUT2D eigenvalue weighted by molar-refractivity contribution is -0.122. The number of piperidine rings is 1. The number of benzene rings is 2. The van der Waals surface area contributed by atoms with Crippen LogP contribution in [0.1, 0.15) is 30.9 Å². The van der Waals surface area contributed by atoms with E-state index in [1.807, 2.05) is 30.3 Å². The van der Waals surface area contributed by atoms with Crippen molar-refractivity contribution in [3.8, 4) is 22.9 Å². The number of likely N-dealkylation sites (tertiary alicyclic amines) is 1. The molecule has 1 aliphatic rings. The van der Waals surface area contributed by atoms with Crippen LogP contribution < -0.4 is 14.8 Å². The highest BCUT2D eigenvalue weighted by atomic mass is 16.5. The summed E-state index contributed by atoms with van der Waals surface area (Å²) in [5, 5.41) is 15.4. The number of carbonyl (C=O) groups is 1. The molecular formula is C25H32N6O3. The molecule has 1 fully saturated rings. The molecule has 0 bridgehead atoms. The molecule has 1 amide bonds. The van der Waals surface area contributed by atoms with E-state index in [0.717, 1.165) is 36.7 Å². The fraction of sp³-hybridized carbons (Fsp3) is 0.440. The number of aromatic nitrogens is 4. The second-order valence-corrected chi connectivity index (χ2v) is 8.73. The van der Waals surface area contributed by atoms with Gasteiger partial charge in [0, 0.05) is 24.2 Å². The smallest absolute Gasteiger partial charge is 0.243 e. The lowest BCUT2D eigenvalue weighted by Gasteiger charge is -2.30. The third-order valence-corrected chi connectivity index (χ3v) is 6.19. The Hall–Kier alpha value is -3.46. The first-order valence-corrected chi connectivity index (χ1v) is 11.6. The first-order chi connectivity index (χ1) is 16.6. The van der Waals surface area contributed by atoms with Gasteiger partial charge in [0.1, 0.15) is 6.54 Å². The number of hydrogen-bond donors (Lipinski definition) is 1. The standard InChI is InChI=1S/C25H32N6O3/c1-18-11-13-30(14-12-18)16-19-7-9-20(10-8-19)25-27-29-31(28-25)17-23(32)26-15-21-5-4-6-22(33-2)24(21)34-3/h4-10,18H,11-17H2,1-3H3,(H,26,32). The third kappa shape index (κ3) is 5.91. The van der Waals surface area contributed by atoms with Gasteiger partial charge in [-0.25, -0.2) is 0 Å². The highest BCUT2D eigenvalue weighted by Gasteiger charge is 2.16. The normalized spacial score (nSPS) is 14.7. The van der Waals surface area contributed by atoms with Gasteiger partial charge in [-0.05, 0) is 48.7 Å². The van der Waals surface area contributed by atoms with Crippen LogP contribution in [0.4, 0.5) is 0 Å². The fourth-order valence-electron chi connectivity index (χ4n) is 4.13. The van der Waals surface area contributed by atoms with Gasteiger partial charge < -0.3 is 14.8 Å². The van der Waals surface area contributed by atoms with Gasteiger partial charge in [0.2, 0.25) is 11.7 Å². The summed E-state index contributed by atoms with van der Waals surface area (Å²) in [7, 11) is 3.15. The number of hydrogen-bond acceptors (Lipinski definition) is 7. The van der Waals surface area contributed by atoms with Crippen molar-refractivity contribution in [2.24, 2.45) is 5.92 Å².